The number of primary sulfonamides is 1. The van der Waals surface area contributed by atoms with E-state index in [0.717, 1.165) is 51.4 Å². The van der Waals surface area contributed by atoms with Gasteiger partial charge in [-0.05, 0) is 35.4 Å². The van der Waals surface area contributed by atoms with Crippen molar-refractivity contribution in [2.24, 2.45) is 5.14 Å². The standard InChI is InChI=1S/C30H42F3N3O4S/c1-30(2,3)22-17-19(15-16-21(22)29(37)38)18-35-26-23(31)24(32)28(41(34,39)40)27(25(26)33)36-20-13-11-9-7-5-4-6-8-10-12-14-20/h15-17,20,35-36H,4-14,18H2,1-3H3,(H,37,38)(H2,34,39,40). The summed E-state index contributed by atoms with van der Waals surface area (Å²) >= 11 is 0. The molecule has 228 valence electrons. The molecule has 0 amide bonds. The third-order valence-electron chi connectivity index (χ3n) is 7.61. The number of aromatic carboxylic acids is 1. The Labute approximate surface area is 241 Å². The van der Waals surface area contributed by atoms with E-state index in [1.165, 1.54) is 18.6 Å². The lowest BCUT2D eigenvalue weighted by atomic mass is 9.83. The van der Waals surface area contributed by atoms with Crippen LogP contribution >= 0.6 is 0 Å². The highest BCUT2D eigenvalue weighted by atomic mass is 32.2. The predicted molar refractivity (Wildman–Crippen MR) is 155 cm³/mol. The van der Waals surface area contributed by atoms with Crippen molar-refractivity contribution in [1.82, 2.24) is 0 Å². The van der Waals surface area contributed by atoms with E-state index in [2.05, 4.69) is 10.6 Å². The Balaban J connectivity index is 1.97. The maximum atomic E-state index is 15.9. The molecule has 0 saturated heterocycles. The molecule has 0 bridgehead atoms. The molecule has 0 aliphatic heterocycles. The van der Waals surface area contributed by atoms with Gasteiger partial charge in [0, 0.05) is 12.6 Å². The topological polar surface area (TPSA) is 122 Å². The summed E-state index contributed by atoms with van der Waals surface area (Å²) in [5, 5.41) is 20.2. The highest BCUT2D eigenvalue weighted by Crippen LogP contribution is 2.37. The van der Waals surface area contributed by atoms with Crippen LogP contribution in [0.1, 0.15) is 113 Å². The Morgan fingerprint density at radius 2 is 1.44 bits per heavy atom. The van der Waals surface area contributed by atoms with Gasteiger partial charge in [-0.25, -0.2) is 31.5 Å². The molecule has 2 aromatic rings. The third-order valence-corrected chi connectivity index (χ3v) is 8.56. The fourth-order valence-corrected chi connectivity index (χ4v) is 6.17. The number of carbonyl (C=O) groups is 1. The van der Waals surface area contributed by atoms with Gasteiger partial charge in [0.25, 0.3) is 0 Å². The van der Waals surface area contributed by atoms with E-state index in [4.69, 9.17) is 5.14 Å². The number of hydrogen-bond acceptors (Lipinski definition) is 5. The summed E-state index contributed by atoms with van der Waals surface area (Å²) in [7, 11) is -4.82. The Morgan fingerprint density at radius 1 is 0.902 bits per heavy atom. The SMILES string of the molecule is CC(C)(C)c1cc(CNc2c(F)c(F)c(S(N)(=O)=O)c(NC3CCCCCCCCCCC3)c2F)ccc1C(=O)O. The van der Waals surface area contributed by atoms with Gasteiger partial charge in [0.1, 0.15) is 10.6 Å². The van der Waals surface area contributed by atoms with Crippen LogP contribution in [0.2, 0.25) is 0 Å². The predicted octanol–water partition coefficient (Wildman–Crippen LogP) is 7.44. The van der Waals surface area contributed by atoms with E-state index in [1.54, 1.807) is 6.07 Å². The number of nitrogens with two attached hydrogens (primary N) is 1. The lowest BCUT2D eigenvalue weighted by Gasteiger charge is -2.24. The first-order valence-corrected chi connectivity index (χ1v) is 15.9. The number of carboxylic acid groups (broad SMARTS) is 1. The van der Waals surface area contributed by atoms with Crippen molar-refractivity contribution in [1.29, 1.82) is 0 Å². The fraction of sp³-hybridized carbons (Fsp3) is 0.567. The molecule has 7 nitrogen and oxygen atoms in total. The van der Waals surface area contributed by atoms with Gasteiger partial charge in [0.05, 0.1) is 11.3 Å². The van der Waals surface area contributed by atoms with Crippen LogP contribution in [-0.2, 0) is 22.0 Å². The van der Waals surface area contributed by atoms with E-state index in [9.17, 15) is 18.3 Å². The highest BCUT2D eigenvalue weighted by Gasteiger charge is 2.32. The number of benzene rings is 2. The van der Waals surface area contributed by atoms with Crippen LogP contribution in [-0.4, -0.2) is 25.5 Å². The third kappa shape index (κ3) is 8.61. The fourth-order valence-electron chi connectivity index (χ4n) is 5.40. The van der Waals surface area contributed by atoms with Crippen LogP contribution in [0.3, 0.4) is 0 Å². The molecule has 0 atom stereocenters. The molecule has 41 heavy (non-hydrogen) atoms. The molecule has 1 aliphatic carbocycles. The first kappa shape index (κ1) is 32.7. The second kappa shape index (κ2) is 13.9. The summed E-state index contributed by atoms with van der Waals surface area (Å²) in [6.07, 6.45) is 10.5. The number of sulfonamides is 1. The Hall–Kier alpha value is -2.79. The molecule has 0 heterocycles. The van der Waals surface area contributed by atoms with Crippen LogP contribution in [0.4, 0.5) is 24.5 Å². The minimum absolute atomic E-state index is 0.102. The van der Waals surface area contributed by atoms with Crippen LogP contribution in [0, 0.1) is 17.5 Å². The molecule has 11 heteroatoms. The molecule has 0 radical (unpaired) electrons. The molecule has 1 saturated carbocycles. The van der Waals surface area contributed by atoms with Crippen molar-refractivity contribution < 1.29 is 31.5 Å². The van der Waals surface area contributed by atoms with Crippen molar-refractivity contribution in [3.05, 3.63) is 52.3 Å². The summed E-state index contributed by atoms with van der Waals surface area (Å²) in [4.78, 5) is 10.5. The number of anilines is 2. The molecule has 0 aromatic heterocycles. The maximum Gasteiger partial charge on any atom is 0.335 e. The average molecular weight is 598 g/mol. The molecule has 3 rings (SSSR count). The quantitative estimate of drug-likeness (QED) is 0.246. The van der Waals surface area contributed by atoms with E-state index in [-0.39, 0.29) is 18.2 Å². The molecule has 5 N–H and O–H groups in total. The van der Waals surface area contributed by atoms with Crippen molar-refractivity contribution in [3.8, 4) is 0 Å². The van der Waals surface area contributed by atoms with Gasteiger partial charge in [-0.3, -0.25) is 0 Å². The molecule has 0 unspecified atom stereocenters. The van der Waals surface area contributed by atoms with Gasteiger partial charge in [0.15, 0.2) is 17.5 Å². The molecular weight excluding hydrogens is 555 g/mol. The first-order valence-electron chi connectivity index (χ1n) is 14.3. The molecule has 1 fully saturated rings. The average Bonchev–Trinajstić information content (AvgIpc) is 2.87. The zero-order valence-corrected chi connectivity index (χ0v) is 24.9. The minimum atomic E-state index is -4.82. The first-order chi connectivity index (χ1) is 19.2. The van der Waals surface area contributed by atoms with E-state index in [1.807, 2.05) is 20.8 Å². The monoisotopic (exact) mass is 597 g/mol. The molecular formula is C30H42F3N3O4S. The van der Waals surface area contributed by atoms with Crippen molar-refractivity contribution in [2.75, 3.05) is 10.6 Å². The van der Waals surface area contributed by atoms with Gasteiger partial charge in [-0.1, -0.05) is 90.7 Å². The summed E-state index contributed by atoms with van der Waals surface area (Å²) in [6.45, 7) is 5.35. The van der Waals surface area contributed by atoms with E-state index in [0.29, 0.717) is 24.0 Å². The van der Waals surface area contributed by atoms with Crippen molar-refractivity contribution in [2.45, 2.75) is 114 Å². The van der Waals surface area contributed by atoms with E-state index < -0.39 is 55.1 Å². The summed E-state index contributed by atoms with van der Waals surface area (Å²) in [5.41, 5.74) is -0.915. The molecule has 1 aliphatic rings. The van der Waals surface area contributed by atoms with Gasteiger partial charge < -0.3 is 15.7 Å². The van der Waals surface area contributed by atoms with Gasteiger partial charge in [-0.15, -0.1) is 0 Å². The normalized spacial score (nSPS) is 16.5. The number of carboxylic acids is 1. The van der Waals surface area contributed by atoms with Gasteiger partial charge in [0.2, 0.25) is 10.0 Å². The van der Waals surface area contributed by atoms with Crippen molar-refractivity contribution >= 4 is 27.4 Å². The number of halogens is 3. The maximum absolute atomic E-state index is 15.9. The van der Waals surface area contributed by atoms with E-state index >= 15 is 13.2 Å². The van der Waals surface area contributed by atoms with Gasteiger partial charge >= 0.3 is 5.97 Å². The second-order valence-corrected chi connectivity index (χ2v) is 13.5. The Bertz CT molecular complexity index is 1330. The second-order valence-electron chi connectivity index (χ2n) is 12.0. The summed E-state index contributed by atoms with van der Waals surface area (Å²) < 4.78 is 71.0. The molecule has 2 aromatic carbocycles. The number of hydrogen-bond donors (Lipinski definition) is 4. The Morgan fingerprint density at radius 3 is 1.93 bits per heavy atom. The summed E-state index contributed by atoms with van der Waals surface area (Å²) in [6, 6.07) is 4.18. The van der Waals surface area contributed by atoms with Crippen LogP contribution in [0.5, 0.6) is 0 Å². The largest absolute Gasteiger partial charge is 0.478 e. The molecule has 0 spiro atoms. The van der Waals surface area contributed by atoms with Crippen LogP contribution < -0.4 is 15.8 Å². The lowest BCUT2D eigenvalue weighted by Crippen LogP contribution is -2.26. The Kier molecular flexibility index (Phi) is 11.1. The summed E-state index contributed by atoms with van der Waals surface area (Å²) in [5.74, 6) is -5.84. The number of nitrogens with one attached hydrogen (secondary N) is 2. The lowest BCUT2D eigenvalue weighted by molar-refractivity contribution is 0.0694. The minimum Gasteiger partial charge on any atom is -0.478 e. The van der Waals surface area contributed by atoms with Crippen LogP contribution in [0.25, 0.3) is 0 Å². The highest BCUT2D eigenvalue weighted by molar-refractivity contribution is 7.89. The van der Waals surface area contributed by atoms with Gasteiger partial charge in [-0.2, -0.15) is 0 Å². The van der Waals surface area contributed by atoms with Crippen LogP contribution in [0.15, 0.2) is 23.1 Å². The number of rotatable bonds is 7. The smallest absolute Gasteiger partial charge is 0.335 e. The zero-order chi connectivity index (χ0) is 30.4. The zero-order valence-electron chi connectivity index (χ0n) is 24.1. The van der Waals surface area contributed by atoms with Crippen molar-refractivity contribution in [3.63, 3.8) is 0 Å².